The van der Waals surface area contributed by atoms with Crippen molar-refractivity contribution in [1.82, 2.24) is 0 Å². The van der Waals surface area contributed by atoms with E-state index in [2.05, 4.69) is 6.92 Å². The van der Waals surface area contributed by atoms with Gasteiger partial charge >= 0.3 is 0 Å². The predicted octanol–water partition coefficient (Wildman–Crippen LogP) is 5.61. The van der Waals surface area contributed by atoms with E-state index in [0.717, 1.165) is 28.6 Å². The molecule has 2 atom stereocenters. The summed E-state index contributed by atoms with van der Waals surface area (Å²) in [4.78, 5) is -0.243. The first-order valence-corrected chi connectivity index (χ1v) is 10.9. The zero-order valence-electron chi connectivity index (χ0n) is 15.7. The number of alkyl halides is 1. The van der Waals surface area contributed by atoms with Crippen LogP contribution in [0.1, 0.15) is 6.92 Å². The molecule has 2 aromatic carbocycles. The van der Waals surface area contributed by atoms with Gasteiger partial charge in [-0.2, -0.15) is 0 Å². The van der Waals surface area contributed by atoms with Gasteiger partial charge in [0.05, 0.1) is 21.5 Å². The molecule has 1 aliphatic carbocycles. The molecule has 0 heterocycles. The Labute approximate surface area is 183 Å². The Morgan fingerprint density at radius 3 is 2.43 bits per heavy atom. The Morgan fingerprint density at radius 1 is 1.17 bits per heavy atom. The number of halogens is 4. The first-order valence-electron chi connectivity index (χ1n) is 8.71. The molecule has 1 aliphatic rings. The van der Waals surface area contributed by atoms with Crippen molar-refractivity contribution in [2.45, 2.75) is 24.0 Å². The molecule has 1 unspecified atom stereocenters. The van der Waals surface area contributed by atoms with Gasteiger partial charge in [-0.1, -0.05) is 23.8 Å². The Kier molecular flexibility index (Phi) is 6.40. The van der Waals surface area contributed by atoms with Crippen LogP contribution in [0, 0.1) is 18.6 Å². The van der Waals surface area contributed by atoms with Crippen molar-refractivity contribution in [2.75, 3.05) is 4.31 Å². The molecule has 0 saturated heterocycles. The van der Waals surface area contributed by atoms with Crippen LogP contribution < -0.4 is 4.31 Å². The fourth-order valence-corrected chi connectivity index (χ4v) is 5.07. The van der Waals surface area contributed by atoms with Crippen LogP contribution in [-0.2, 0) is 10.0 Å². The minimum Gasteiger partial charge on any atom is -0.256 e. The Bertz CT molecular complexity index is 1160. The lowest BCUT2D eigenvalue weighted by Crippen LogP contribution is -2.41. The zero-order chi connectivity index (χ0) is 22.2. The Hall–Kier alpha value is -2.16. The molecule has 30 heavy (non-hydrogen) atoms. The van der Waals surface area contributed by atoms with E-state index in [9.17, 15) is 21.6 Å². The number of thiocarbonyl (C=S) groups is 1. The molecule has 3 nitrogen and oxygen atoms in total. The van der Waals surface area contributed by atoms with Crippen molar-refractivity contribution in [1.29, 1.82) is 0 Å². The number of benzene rings is 2. The molecule has 0 aromatic heterocycles. The van der Waals surface area contributed by atoms with Gasteiger partial charge in [-0.05, 0) is 73.5 Å². The van der Waals surface area contributed by atoms with Gasteiger partial charge in [0.25, 0.3) is 10.0 Å². The molecular formula is C21H16ClF3NO2S2. The van der Waals surface area contributed by atoms with Crippen molar-refractivity contribution in [2.24, 2.45) is 0 Å². The zero-order valence-corrected chi connectivity index (χ0v) is 18.0. The summed E-state index contributed by atoms with van der Waals surface area (Å²) in [5, 5.41) is 0.308. The molecule has 0 bridgehead atoms. The van der Waals surface area contributed by atoms with Crippen molar-refractivity contribution < 1.29 is 21.6 Å². The number of nitrogens with zero attached hydrogens (tertiary/aromatic N) is 1. The molecule has 0 fully saturated rings. The van der Waals surface area contributed by atoms with Crippen LogP contribution in [0.3, 0.4) is 0 Å². The molecule has 0 spiro atoms. The van der Waals surface area contributed by atoms with Crippen molar-refractivity contribution >= 4 is 44.4 Å². The van der Waals surface area contributed by atoms with E-state index in [0.29, 0.717) is 5.02 Å². The average Bonchev–Trinajstić information content (AvgIpc) is 2.67. The third kappa shape index (κ3) is 4.31. The van der Waals surface area contributed by atoms with Crippen molar-refractivity contribution in [3.8, 4) is 0 Å². The van der Waals surface area contributed by atoms with E-state index in [-0.39, 0.29) is 20.9 Å². The maximum atomic E-state index is 14.7. The maximum Gasteiger partial charge on any atom is 0.264 e. The van der Waals surface area contributed by atoms with E-state index in [1.54, 1.807) is 0 Å². The fraction of sp³-hybridized carbons (Fsp3) is 0.143. The van der Waals surface area contributed by atoms with Crippen molar-refractivity contribution in [3.05, 3.63) is 89.3 Å². The molecule has 0 N–H and O–H groups in total. The number of rotatable bonds is 5. The van der Waals surface area contributed by atoms with E-state index in [1.165, 1.54) is 37.3 Å². The second-order valence-electron chi connectivity index (χ2n) is 6.62. The van der Waals surface area contributed by atoms with Crippen LogP contribution in [0.15, 0.2) is 70.7 Å². The first-order chi connectivity index (χ1) is 14.0. The third-order valence-corrected chi connectivity index (χ3v) is 7.10. The highest BCUT2D eigenvalue weighted by atomic mass is 35.5. The SMILES string of the molecule is [CH2]C1=CC(F)C(=S)C=C1[C@@H](C)N(c1cc(F)ccc1F)S(=O)(=O)c1ccc(Cl)cc1. The highest BCUT2D eigenvalue weighted by Gasteiger charge is 2.35. The highest BCUT2D eigenvalue weighted by molar-refractivity contribution is 7.92. The molecule has 157 valence electrons. The number of anilines is 1. The van der Waals surface area contributed by atoms with Crippen LogP contribution in [0.5, 0.6) is 0 Å². The van der Waals surface area contributed by atoms with Crippen molar-refractivity contribution in [3.63, 3.8) is 0 Å². The molecule has 0 aliphatic heterocycles. The number of hydrogen-bond donors (Lipinski definition) is 0. The van der Waals surface area contributed by atoms with E-state index in [1.807, 2.05) is 0 Å². The number of sulfonamides is 1. The lowest BCUT2D eigenvalue weighted by molar-refractivity contribution is 0.494. The minimum absolute atomic E-state index is 0.0622. The average molecular weight is 471 g/mol. The summed E-state index contributed by atoms with van der Waals surface area (Å²) in [7, 11) is -4.38. The molecule has 0 amide bonds. The lowest BCUT2D eigenvalue weighted by Gasteiger charge is -2.34. The summed E-state index contributed by atoms with van der Waals surface area (Å²) in [6.07, 6.45) is 0.924. The monoisotopic (exact) mass is 470 g/mol. The normalized spacial score (nSPS) is 17.9. The van der Waals surface area contributed by atoms with Gasteiger partial charge in [-0.25, -0.2) is 21.6 Å². The summed E-state index contributed by atoms with van der Waals surface area (Å²) in [6, 6.07) is 6.68. The van der Waals surface area contributed by atoms with E-state index in [4.69, 9.17) is 23.8 Å². The number of hydrogen-bond acceptors (Lipinski definition) is 3. The molecule has 2 aromatic rings. The van der Waals surface area contributed by atoms with E-state index < -0.39 is 39.6 Å². The molecule has 3 rings (SSSR count). The molecular weight excluding hydrogens is 455 g/mol. The summed E-state index contributed by atoms with van der Waals surface area (Å²) in [5.41, 5.74) is -0.0220. The fourth-order valence-electron chi connectivity index (χ4n) is 3.12. The van der Waals surface area contributed by atoms with Gasteiger partial charge in [-0.15, -0.1) is 0 Å². The first kappa shape index (κ1) is 22.5. The minimum atomic E-state index is -4.38. The topological polar surface area (TPSA) is 37.4 Å². The highest BCUT2D eigenvalue weighted by Crippen LogP contribution is 2.34. The standard InChI is InChI=1S/C21H16ClF3NO2S2/c1-12-9-19(25)21(29)11-17(12)13(2)26(20-10-15(23)5-8-18(20)24)30(27,28)16-6-3-14(22)4-7-16/h3-11,13,19H,1H2,2H3/t13-,19?/m1/s1. The van der Waals surface area contributed by atoms with Crippen LogP contribution in [0.4, 0.5) is 18.9 Å². The van der Waals surface area contributed by atoms with Gasteiger partial charge in [-0.3, -0.25) is 4.31 Å². The smallest absolute Gasteiger partial charge is 0.256 e. The number of allylic oxidation sites excluding steroid dienone is 2. The Morgan fingerprint density at radius 2 is 1.80 bits per heavy atom. The second kappa shape index (κ2) is 8.53. The van der Waals surface area contributed by atoms with Crippen LogP contribution >= 0.6 is 23.8 Å². The quantitative estimate of drug-likeness (QED) is 0.533. The predicted molar refractivity (Wildman–Crippen MR) is 116 cm³/mol. The van der Waals surface area contributed by atoms with Gasteiger partial charge in [0, 0.05) is 11.1 Å². The lowest BCUT2D eigenvalue weighted by atomic mass is 9.93. The Balaban J connectivity index is 2.22. The summed E-state index contributed by atoms with van der Waals surface area (Å²) in [6.45, 7) is 5.22. The van der Waals surface area contributed by atoms with E-state index >= 15 is 0 Å². The molecule has 1 radical (unpaired) electrons. The summed E-state index contributed by atoms with van der Waals surface area (Å²) < 4.78 is 70.1. The van der Waals surface area contributed by atoms with Crippen LogP contribution in [0.25, 0.3) is 0 Å². The van der Waals surface area contributed by atoms with Crippen LogP contribution in [0.2, 0.25) is 5.02 Å². The van der Waals surface area contributed by atoms with Gasteiger partial charge in [0.1, 0.15) is 11.6 Å². The maximum absolute atomic E-state index is 14.7. The van der Waals surface area contributed by atoms with Gasteiger partial charge in [0.15, 0.2) is 6.17 Å². The summed E-state index contributed by atoms with van der Waals surface area (Å²) >= 11 is 10.8. The molecule has 0 saturated carbocycles. The molecule has 9 heteroatoms. The van der Waals surface area contributed by atoms with Gasteiger partial charge < -0.3 is 0 Å². The largest absolute Gasteiger partial charge is 0.264 e. The second-order valence-corrected chi connectivity index (χ2v) is 9.34. The van der Waals surface area contributed by atoms with Gasteiger partial charge in [0.2, 0.25) is 0 Å². The summed E-state index contributed by atoms with van der Waals surface area (Å²) in [5.74, 6) is -1.77. The van der Waals surface area contributed by atoms with Crippen LogP contribution in [-0.4, -0.2) is 25.5 Å². The third-order valence-electron chi connectivity index (χ3n) is 4.61.